The number of likely N-dealkylation sites (tertiary alicyclic amines) is 1. The van der Waals surface area contributed by atoms with Gasteiger partial charge in [-0.3, -0.25) is 0 Å². The SMILES string of the molecule is CC1CCN(C(N)=C(C#N)C#N)CC1. The van der Waals surface area contributed by atoms with Gasteiger partial charge in [0.05, 0.1) is 0 Å². The normalized spacial score (nSPS) is 16.9. The Bertz CT molecular complexity index is 294. The second-order valence-electron chi connectivity index (χ2n) is 3.65. The molecule has 0 spiro atoms. The van der Waals surface area contributed by atoms with Crippen LogP contribution >= 0.6 is 0 Å². The van der Waals surface area contributed by atoms with E-state index in [0.717, 1.165) is 25.9 Å². The van der Waals surface area contributed by atoms with Gasteiger partial charge < -0.3 is 10.6 Å². The molecule has 74 valence electrons. The van der Waals surface area contributed by atoms with Gasteiger partial charge in [0, 0.05) is 13.1 Å². The van der Waals surface area contributed by atoms with E-state index in [2.05, 4.69) is 6.92 Å². The highest BCUT2D eigenvalue weighted by atomic mass is 15.2. The van der Waals surface area contributed by atoms with Gasteiger partial charge >= 0.3 is 0 Å². The smallest absolute Gasteiger partial charge is 0.169 e. The number of piperidine rings is 1. The first-order valence-electron chi connectivity index (χ1n) is 4.74. The molecule has 4 nitrogen and oxygen atoms in total. The van der Waals surface area contributed by atoms with Crippen LogP contribution in [-0.4, -0.2) is 18.0 Å². The van der Waals surface area contributed by atoms with Crippen molar-refractivity contribution in [1.82, 2.24) is 4.90 Å². The van der Waals surface area contributed by atoms with Gasteiger partial charge in [-0.15, -0.1) is 0 Å². The largest absolute Gasteiger partial charge is 0.384 e. The third-order valence-electron chi connectivity index (χ3n) is 2.60. The second kappa shape index (κ2) is 4.53. The molecule has 4 heteroatoms. The minimum absolute atomic E-state index is 0.0274. The van der Waals surface area contributed by atoms with E-state index in [-0.39, 0.29) is 5.57 Å². The van der Waals surface area contributed by atoms with Gasteiger partial charge in [0.15, 0.2) is 5.57 Å². The number of rotatable bonds is 1. The van der Waals surface area contributed by atoms with Crippen molar-refractivity contribution >= 4 is 0 Å². The van der Waals surface area contributed by atoms with E-state index in [1.54, 1.807) is 0 Å². The summed E-state index contributed by atoms with van der Waals surface area (Å²) in [5.41, 5.74) is 5.75. The Morgan fingerprint density at radius 2 is 1.79 bits per heavy atom. The van der Waals surface area contributed by atoms with Crippen LogP contribution in [0.25, 0.3) is 0 Å². The van der Waals surface area contributed by atoms with E-state index in [1.165, 1.54) is 0 Å². The Labute approximate surface area is 84.2 Å². The van der Waals surface area contributed by atoms with Crippen molar-refractivity contribution in [3.05, 3.63) is 11.4 Å². The van der Waals surface area contributed by atoms with Crippen LogP contribution in [0.3, 0.4) is 0 Å². The topological polar surface area (TPSA) is 76.8 Å². The molecule has 0 radical (unpaired) electrons. The Balaban J connectivity index is 2.72. The van der Waals surface area contributed by atoms with Crippen molar-refractivity contribution in [1.29, 1.82) is 10.5 Å². The van der Waals surface area contributed by atoms with Gasteiger partial charge in [-0.05, 0) is 18.8 Å². The third-order valence-corrected chi connectivity index (χ3v) is 2.60. The van der Waals surface area contributed by atoms with Gasteiger partial charge in [0.2, 0.25) is 0 Å². The standard InChI is InChI=1S/C10H14N4/c1-8-2-4-14(5-3-8)10(13)9(6-11)7-12/h8H,2-5,13H2,1H3. The van der Waals surface area contributed by atoms with Crippen LogP contribution in [0, 0.1) is 28.6 Å². The summed E-state index contributed by atoms with van der Waals surface area (Å²) in [5.74, 6) is 1.05. The number of nitriles is 2. The van der Waals surface area contributed by atoms with Crippen LogP contribution in [-0.2, 0) is 0 Å². The van der Waals surface area contributed by atoms with Crippen molar-refractivity contribution in [2.24, 2.45) is 11.7 Å². The summed E-state index contributed by atoms with van der Waals surface area (Å²) in [7, 11) is 0. The molecule has 0 aromatic rings. The lowest BCUT2D eigenvalue weighted by atomic mass is 9.99. The molecule has 14 heavy (non-hydrogen) atoms. The van der Waals surface area contributed by atoms with Crippen LogP contribution in [0.1, 0.15) is 19.8 Å². The van der Waals surface area contributed by atoms with Crippen LogP contribution < -0.4 is 5.73 Å². The lowest BCUT2D eigenvalue weighted by molar-refractivity contribution is 0.234. The molecule has 1 fully saturated rings. The average Bonchev–Trinajstić information content (AvgIpc) is 2.20. The first-order valence-corrected chi connectivity index (χ1v) is 4.74. The first-order chi connectivity index (χ1) is 6.69. The van der Waals surface area contributed by atoms with Crippen LogP contribution in [0.15, 0.2) is 11.4 Å². The van der Waals surface area contributed by atoms with Crippen molar-refractivity contribution in [2.75, 3.05) is 13.1 Å². The second-order valence-corrected chi connectivity index (χ2v) is 3.65. The molecule has 0 aromatic heterocycles. The minimum Gasteiger partial charge on any atom is -0.384 e. The maximum absolute atomic E-state index is 8.64. The number of hydrogen-bond donors (Lipinski definition) is 1. The fourth-order valence-electron chi connectivity index (χ4n) is 1.55. The van der Waals surface area contributed by atoms with Crippen LogP contribution in [0.4, 0.5) is 0 Å². The van der Waals surface area contributed by atoms with E-state index in [0.29, 0.717) is 11.7 Å². The van der Waals surface area contributed by atoms with E-state index in [9.17, 15) is 0 Å². The molecule has 1 heterocycles. The summed E-state index contributed by atoms with van der Waals surface area (Å²) in [6.07, 6.45) is 2.15. The first kappa shape index (κ1) is 10.4. The molecule has 0 unspecified atom stereocenters. The fraction of sp³-hybridized carbons (Fsp3) is 0.600. The van der Waals surface area contributed by atoms with Gasteiger partial charge in [-0.25, -0.2) is 0 Å². The van der Waals surface area contributed by atoms with E-state index >= 15 is 0 Å². The third kappa shape index (κ3) is 2.17. The summed E-state index contributed by atoms with van der Waals surface area (Å²) in [6, 6.07) is 3.62. The number of allylic oxidation sites excluding steroid dienone is 1. The highest BCUT2D eigenvalue weighted by Crippen LogP contribution is 2.18. The zero-order valence-electron chi connectivity index (χ0n) is 8.32. The molecule has 1 aliphatic rings. The molecular weight excluding hydrogens is 176 g/mol. The summed E-state index contributed by atoms with van der Waals surface area (Å²) in [6.45, 7) is 3.90. The van der Waals surface area contributed by atoms with Crippen LogP contribution in [0.2, 0.25) is 0 Å². The maximum Gasteiger partial charge on any atom is 0.169 e. The lowest BCUT2D eigenvalue weighted by Crippen LogP contribution is -2.36. The van der Waals surface area contributed by atoms with Gasteiger partial charge in [-0.1, -0.05) is 6.92 Å². The maximum atomic E-state index is 8.64. The average molecular weight is 190 g/mol. The molecule has 0 atom stereocenters. The van der Waals surface area contributed by atoms with Crippen molar-refractivity contribution in [3.8, 4) is 12.1 Å². The summed E-state index contributed by atoms with van der Waals surface area (Å²) < 4.78 is 0. The predicted octanol–water partition coefficient (Wildman–Crippen LogP) is 0.936. The zero-order valence-corrected chi connectivity index (χ0v) is 8.32. The zero-order chi connectivity index (χ0) is 10.6. The number of nitrogens with zero attached hydrogens (tertiary/aromatic N) is 3. The minimum atomic E-state index is 0.0274. The van der Waals surface area contributed by atoms with Crippen molar-refractivity contribution in [2.45, 2.75) is 19.8 Å². The molecule has 1 rings (SSSR count). The molecule has 0 saturated carbocycles. The van der Waals surface area contributed by atoms with E-state index in [1.807, 2.05) is 17.0 Å². The molecule has 2 N–H and O–H groups in total. The van der Waals surface area contributed by atoms with E-state index < -0.39 is 0 Å². The summed E-state index contributed by atoms with van der Waals surface area (Å²) >= 11 is 0. The molecule has 1 aliphatic heterocycles. The lowest BCUT2D eigenvalue weighted by Gasteiger charge is -2.31. The molecule has 0 aromatic carbocycles. The monoisotopic (exact) mass is 190 g/mol. The summed E-state index contributed by atoms with van der Waals surface area (Å²) in [4.78, 5) is 1.92. The quantitative estimate of drug-likeness (QED) is 0.624. The Morgan fingerprint density at radius 3 is 2.21 bits per heavy atom. The van der Waals surface area contributed by atoms with Crippen molar-refractivity contribution < 1.29 is 0 Å². The molecule has 0 aliphatic carbocycles. The van der Waals surface area contributed by atoms with E-state index in [4.69, 9.17) is 16.3 Å². The number of nitrogens with two attached hydrogens (primary N) is 1. The van der Waals surface area contributed by atoms with Crippen molar-refractivity contribution in [3.63, 3.8) is 0 Å². The van der Waals surface area contributed by atoms with Crippen LogP contribution in [0.5, 0.6) is 0 Å². The Hall–Kier alpha value is -1.68. The van der Waals surface area contributed by atoms with Gasteiger partial charge in [0.25, 0.3) is 0 Å². The highest BCUT2D eigenvalue weighted by Gasteiger charge is 2.18. The molecule has 1 saturated heterocycles. The van der Waals surface area contributed by atoms with Gasteiger partial charge in [-0.2, -0.15) is 10.5 Å². The summed E-state index contributed by atoms with van der Waals surface area (Å²) in [5, 5.41) is 17.3. The Morgan fingerprint density at radius 1 is 1.29 bits per heavy atom. The predicted molar refractivity (Wildman–Crippen MR) is 52.4 cm³/mol. The van der Waals surface area contributed by atoms with Gasteiger partial charge in [0.1, 0.15) is 18.0 Å². The molecular formula is C10H14N4. The fourth-order valence-corrected chi connectivity index (χ4v) is 1.55. The Kier molecular flexibility index (Phi) is 3.36. The number of hydrogen-bond acceptors (Lipinski definition) is 4. The highest BCUT2D eigenvalue weighted by molar-refractivity contribution is 5.38. The molecule has 0 bridgehead atoms. The molecule has 0 amide bonds.